The number of aliphatic hydroxyl groups excluding tert-OH is 1. The van der Waals surface area contributed by atoms with Gasteiger partial charge in [-0.3, -0.25) is 4.79 Å². The predicted octanol–water partition coefficient (Wildman–Crippen LogP) is 0.116. The van der Waals surface area contributed by atoms with Gasteiger partial charge >= 0.3 is 5.97 Å². The van der Waals surface area contributed by atoms with Crippen LogP contribution in [0.5, 0.6) is 0 Å². The van der Waals surface area contributed by atoms with Crippen LogP contribution in [0.1, 0.15) is 19.8 Å². The third-order valence-electron chi connectivity index (χ3n) is 1.44. The summed E-state index contributed by atoms with van der Waals surface area (Å²) in [6.07, 6.45) is 3.25. The maximum Gasteiger partial charge on any atom is 0.303 e. The van der Waals surface area contributed by atoms with E-state index in [0.717, 1.165) is 0 Å². The minimum Gasteiger partial charge on any atom is -0.481 e. The van der Waals surface area contributed by atoms with E-state index in [0.29, 0.717) is 6.42 Å². The topological polar surface area (TPSA) is 83.5 Å². The second-order valence-electron chi connectivity index (χ2n) is 2.68. The fraction of sp³-hybridized carbons (Fsp3) is 0.625. The molecular weight excluding hydrogens is 158 g/mol. The fourth-order valence-electron chi connectivity index (χ4n) is 0.621. The van der Waals surface area contributed by atoms with Crippen LogP contribution in [0.2, 0.25) is 0 Å². The summed E-state index contributed by atoms with van der Waals surface area (Å²) >= 11 is 0. The zero-order valence-corrected chi connectivity index (χ0v) is 7.10. The Kier molecular flexibility index (Phi) is 5.32. The van der Waals surface area contributed by atoms with Crippen LogP contribution in [0.4, 0.5) is 0 Å². The number of aliphatic carboxylic acids is 1. The molecule has 0 radical (unpaired) electrons. The van der Waals surface area contributed by atoms with Crippen LogP contribution in [0.25, 0.3) is 0 Å². The first kappa shape index (κ1) is 11.1. The van der Waals surface area contributed by atoms with Crippen LogP contribution in [0.15, 0.2) is 12.2 Å². The van der Waals surface area contributed by atoms with E-state index in [1.807, 2.05) is 0 Å². The van der Waals surface area contributed by atoms with Crippen molar-refractivity contribution in [3.63, 3.8) is 0 Å². The highest BCUT2D eigenvalue weighted by molar-refractivity contribution is 5.66. The quantitative estimate of drug-likeness (QED) is 0.515. The highest BCUT2D eigenvalue weighted by Crippen LogP contribution is 1.95. The minimum absolute atomic E-state index is 0.100. The average molecular weight is 173 g/mol. The molecule has 2 atom stereocenters. The van der Waals surface area contributed by atoms with Gasteiger partial charge < -0.3 is 15.9 Å². The molecule has 0 bridgehead atoms. The van der Waals surface area contributed by atoms with Gasteiger partial charge in [-0.1, -0.05) is 12.2 Å². The van der Waals surface area contributed by atoms with Gasteiger partial charge in [0.25, 0.3) is 0 Å². The van der Waals surface area contributed by atoms with Crippen LogP contribution in [-0.4, -0.2) is 28.3 Å². The molecule has 0 aromatic heterocycles. The fourth-order valence-corrected chi connectivity index (χ4v) is 0.621. The van der Waals surface area contributed by atoms with Crippen molar-refractivity contribution >= 4 is 5.97 Å². The average Bonchev–Trinajstić information content (AvgIpc) is 1.97. The molecule has 0 saturated carbocycles. The van der Waals surface area contributed by atoms with E-state index in [1.165, 1.54) is 0 Å². The van der Waals surface area contributed by atoms with Crippen molar-refractivity contribution in [1.29, 1.82) is 0 Å². The second kappa shape index (κ2) is 5.74. The molecule has 4 nitrogen and oxygen atoms in total. The van der Waals surface area contributed by atoms with Crippen molar-refractivity contribution in [2.75, 3.05) is 0 Å². The molecule has 0 aromatic rings. The number of aliphatic hydroxyl groups is 1. The lowest BCUT2D eigenvalue weighted by atomic mass is 10.1. The van der Waals surface area contributed by atoms with E-state index >= 15 is 0 Å². The van der Waals surface area contributed by atoms with Crippen LogP contribution < -0.4 is 5.73 Å². The molecule has 0 fully saturated rings. The Morgan fingerprint density at radius 1 is 1.67 bits per heavy atom. The zero-order chi connectivity index (χ0) is 9.56. The molecule has 0 aliphatic heterocycles. The van der Waals surface area contributed by atoms with Crippen LogP contribution >= 0.6 is 0 Å². The van der Waals surface area contributed by atoms with Gasteiger partial charge in [-0.2, -0.15) is 0 Å². The van der Waals surface area contributed by atoms with Crippen molar-refractivity contribution < 1.29 is 15.0 Å². The number of carbonyl (C=O) groups is 1. The first-order valence-corrected chi connectivity index (χ1v) is 3.86. The standard InChI is InChI=1S/C8H15NO3/c1-6(10)7(9)4-2-3-5-8(11)12/h2,4,6-7,10H,3,5,9H2,1H3,(H,11,12)/b4-2+. The Morgan fingerprint density at radius 3 is 2.67 bits per heavy atom. The Morgan fingerprint density at radius 2 is 2.25 bits per heavy atom. The highest BCUT2D eigenvalue weighted by Gasteiger charge is 2.03. The number of carboxylic acids is 1. The molecular formula is C8H15NO3. The molecule has 2 unspecified atom stereocenters. The van der Waals surface area contributed by atoms with Crippen molar-refractivity contribution in [2.45, 2.75) is 31.9 Å². The normalized spacial score (nSPS) is 16.2. The Labute approximate surface area is 71.7 Å². The predicted molar refractivity (Wildman–Crippen MR) is 45.7 cm³/mol. The summed E-state index contributed by atoms with van der Waals surface area (Å²) in [5.74, 6) is -0.828. The van der Waals surface area contributed by atoms with Gasteiger partial charge in [-0.15, -0.1) is 0 Å². The molecule has 12 heavy (non-hydrogen) atoms. The van der Waals surface area contributed by atoms with Crippen LogP contribution in [-0.2, 0) is 4.79 Å². The van der Waals surface area contributed by atoms with E-state index < -0.39 is 18.1 Å². The molecule has 0 aliphatic rings. The van der Waals surface area contributed by atoms with Crippen molar-refractivity contribution in [1.82, 2.24) is 0 Å². The lowest BCUT2D eigenvalue weighted by molar-refractivity contribution is -0.136. The van der Waals surface area contributed by atoms with Crippen LogP contribution in [0, 0.1) is 0 Å². The summed E-state index contributed by atoms with van der Waals surface area (Å²) in [5.41, 5.74) is 5.45. The third-order valence-corrected chi connectivity index (χ3v) is 1.44. The molecule has 0 rings (SSSR count). The molecule has 0 saturated heterocycles. The van der Waals surface area contributed by atoms with Gasteiger partial charge in [0.15, 0.2) is 0 Å². The molecule has 70 valence electrons. The maximum atomic E-state index is 10.1. The highest BCUT2D eigenvalue weighted by atomic mass is 16.4. The lowest BCUT2D eigenvalue weighted by Gasteiger charge is -2.08. The summed E-state index contributed by atoms with van der Waals surface area (Å²) in [5, 5.41) is 17.2. The second-order valence-corrected chi connectivity index (χ2v) is 2.68. The number of carboxylic acid groups (broad SMARTS) is 1. The Hall–Kier alpha value is -0.870. The number of hydrogen-bond donors (Lipinski definition) is 3. The summed E-state index contributed by atoms with van der Waals surface area (Å²) in [7, 11) is 0. The van der Waals surface area contributed by atoms with E-state index in [-0.39, 0.29) is 6.42 Å². The first-order valence-electron chi connectivity index (χ1n) is 3.86. The molecule has 0 heterocycles. The van der Waals surface area contributed by atoms with E-state index in [2.05, 4.69) is 0 Å². The van der Waals surface area contributed by atoms with Crippen LogP contribution in [0.3, 0.4) is 0 Å². The van der Waals surface area contributed by atoms with Gasteiger partial charge in [0.05, 0.1) is 6.10 Å². The van der Waals surface area contributed by atoms with E-state index in [4.69, 9.17) is 15.9 Å². The summed E-state index contributed by atoms with van der Waals surface area (Å²) in [4.78, 5) is 10.1. The van der Waals surface area contributed by atoms with E-state index in [9.17, 15) is 4.79 Å². The van der Waals surface area contributed by atoms with Gasteiger partial charge in [0, 0.05) is 12.5 Å². The van der Waals surface area contributed by atoms with Gasteiger partial charge in [-0.25, -0.2) is 0 Å². The smallest absolute Gasteiger partial charge is 0.303 e. The number of hydrogen-bond acceptors (Lipinski definition) is 3. The molecule has 0 spiro atoms. The molecule has 0 amide bonds. The van der Waals surface area contributed by atoms with Crippen molar-refractivity contribution in [3.8, 4) is 0 Å². The summed E-state index contributed by atoms with van der Waals surface area (Å²) in [6.45, 7) is 1.59. The summed E-state index contributed by atoms with van der Waals surface area (Å²) in [6, 6.07) is -0.404. The lowest BCUT2D eigenvalue weighted by Crippen LogP contribution is -2.29. The third kappa shape index (κ3) is 5.88. The number of nitrogens with two attached hydrogens (primary N) is 1. The Bertz CT molecular complexity index is 166. The molecule has 0 aliphatic carbocycles. The Balaban J connectivity index is 3.55. The molecule has 4 N–H and O–H groups in total. The summed E-state index contributed by atoms with van der Waals surface area (Å²) < 4.78 is 0. The van der Waals surface area contributed by atoms with Gasteiger partial charge in [0.1, 0.15) is 0 Å². The zero-order valence-electron chi connectivity index (χ0n) is 7.10. The maximum absolute atomic E-state index is 10.1. The first-order chi connectivity index (χ1) is 5.54. The number of allylic oxidation sites excluding steroid dienone is 1. The number of rotatable bonds is 5. The van der Waals surface area contributed by atoms with E-state index in [1.54, 1.807) is 19.1 Å². The molecule has 0 aromatic carbocycles. The van der Waals surface area contributed by atoms with Gasteiger partial charge in [-0.05, 0) is 13.3 Å². The SMILES string of the molecule is CC(O)C(N)/C=C/CCC(=O)O. The largest absolute Gasteiger partial charge is 0.481 e. The van der Waals surface area contributed by atoms with Gasteiger partial charge in [0.2, 0.25) is 0 Å². The minimum atomic E-state index is -0.828. The monoisotopic (exact) mass is 173 g/mol. The van der Waals surface area contributed by atoms with Crippen molar-refractivity contribution in [3.05, 3.63) is 12.2 Å². The van der Waals surface area contributed by atoms with Crippen molar-refractivity contribution in [2.24, 2.45) is 5.73 Å². The molecule has 4 heteroatoms.